The molecular formula is C16H27N3OS. The molecule has 0 spiro atoms. The first kappa shape index (κ1) is 16.1. The molecule has 2 N–H and O–H groups in total. The highest BCUT2D eigenvalue weighted by Gasteiger charge is 2.34. The third kappa shape index (κ3) is 3.34. The minimum absolute atomic E-state index is 0.0252. The molecule has 0 aromatic carbocycles. The summed E-state index contributed by atoms with van der Waals surface area (Å²) in [5, 5.41) is 1.23. The first-order valence-electron chi connectivity index (χ1n) is 7.89. The molecule has 0 bridgehead atoms. The van der Waals surface area contributed by atoms with Crippen molar-refractivity contribution < 1.29 is 4.79 Å². The van der Waals surface area contributed by atoms with Crippen LogP contribution in [0.15, 0.2) is 0 Å². The Balaban J connectivity index is 2.39. The maximum atomic E-state index is 12.3. The van der Waals surface area contributed by atoms with E-state index >= 15 is 0 Å². The molecule has 0 saturated heterocycles. The molecule has 1 aliphatic rings. The third-order valence-corrected chi connectivity index (χ3v) is 5.27. The standard InChI is InChI=1S/C16H27N3OS/c1-5-7-10-19(6-2)16-12(11-8-9-11)13(17)14(21-16)15(20)18(3)4/h11H,5-10,17H2,1-4H3. The van der Waals surface area contributed by atoms with Crippen LogP contribution in [0.4, 0.5) is 10.7 Å². The van der Waals surface area contributed by atoms with Gasteiger partial charge in [-0.2, -0.15) is 0 Å². The van der Waals surface area contributed by atoms with Gasteiger partial charge in [0.15, 0.2) is 0 Å². The van der Waals surface area contributed by atoms with Gasteiger partial charge < -0.3 is 15.5 Å². The van der Waals surface area contributed by atoms with E-state index < -0.39 is 0 Å². The zero-order valence-corrected chi connectivity index (χ0v) is 14.4. The Morgan fingerprint density at radius 1 is 1.33 bits per heavy atom. The molecule has 21 heavy (non-hydrogen) atoms. The normalized spacial score (nSPS) is 14.3. The Labute approximate surface area is 131 Å². The summed E-state index contributed by atoms with van der Waals surface area (Å²) >= 11 is 1.58. The number of rotatable bonds is 7. The summed E-state index contributed by atoms with van der Waals surface area (Å²) in [7, 11) is 3.57. The minimum Gasteiger partial charge on any atom is -0.397 e. The first-order valence-corrected chi connectivity index (χ1v) is 8.71. The summed E-state index contributed by atoms with van der Waals surface area (Å²) in [4.78, 5) is 17.1. The van der Waals surface area contributed by atoms with Gasteiger partial charge in [0.2, 0.25) is 0 Å². The van der Waals surface area contributed by atoms with Gasteiger partial charge in [-0.15, -0.1) is 11.3 Å². The van der Waals surface area contributed by atoms with Gasteiger partial charge in [0, 0.05) is 32.7 Å². The number of anilines is 2. The lowest BCUT2D eigenvalue weighted by atomic mass is 10.1. The van der Waals surface area contributed by atoms with Crippen molar-refractivity contribution in [3.63, 3.8) is 0 Å². The van der Waals surface area contributed by atoms with Crippen molar-refractivity contribution in [2.75, 3.05) is 37.8 Å². The Bertz CT molecular complexity index is 506. The second-order valence-corrected chi connectivity index (χ2v) is 6.97. The van der Waals surface area contributed by atoms with Crippen molar-refractivity contribution in [2.45, 2.75) is 45.4 Å². The molecule has 1 aliphatic carbocycles. The molecule has 4 nitrogen and oxygen atoms in total. The summed E-state index contributed by atoms with van der Waals surface area (Å²) in [6, 6.07) is 0. The molecule has 118 valence electrons. The SMILES string of the molecule is CCCCN(CC)c1sc(C(=O)N(C)C)c(N)c1C1CC1. The zero-order chi connectivity index (χ0) is 15.6. The number of hydrogen-bond acceptors (Lipinski definition) is 4. The molecule has 2 rings (SSSR count). The summed E-state index contributed by atoms with van der Waals surface area (Å²) in [5.74, 6) is 0.591. The third-order valence-electron chi connectivity index (χ3n) is 4.00. The number of thiophene rings is 1. The Morgan fingerprint density at radius 2 is 2.00 bits per heavy atom. The van der Waals surface area contributed by atoms with Crippen molar-refractivity contribution in [1.82, 2.24) is 4.90 Å². The molecule has 1 aromatic heterocycles. The van der Waals surface area contributed by atoms with Crippen LogP contribution in [-0.4, -0.2) is 38.0 Å². The Kier molecular flexibility index (Phi) is 5.14. The Morgan fingerprint density at radius 3 is 2.48 bits per heavy atom. The fraction of sp³-hybridized carbons (Fsp3) is 0.688. The summed E-state index contributed by atoms with van der Waals surface area (Å²) in [6.07, 6.45) is 4.76. The van der Waals surface area contributed by atoms with Gasteiger partial charge in [-0.05, 0) is 32.1 Å². The van der Waals surface area contributed by atoms with Gasteiger partial charge in [-0.25, -0.2) is 0 Å². The molecular weight excluding hydrogens is 282 g/mol. The minimum atomic E-state index is 0.0252. The largest absolute Gasteiger partial charge is 0.397 e. The average Bonchev–Trinajstić information content (AvgIpc) is 3.23. The smallest absolute Gasteiger partial charge is 0.265 e. The lowest BCUT2D eigenvalue weighted by Gasteiger charge is -2.22. The predicted molar refractivity (Wildman–Crippen MR) is 91.5 cm³/mol. The van der Waals surface area contributed by atoms with Gasteiger partial charge >= 0.3 is 0 Å². The van der Waals surface area contributed by atoms with E-state index in [9.17, 15) is 4.79 Å². The molecule has 0 atom stereocenters. The van der Waals surface area contributed by atoms with Crippen LogP contribution >= 0.6 is 11.3 Å². The number of nitrogen functional groups attached to an aromatic ring is 1. The number of nitrogens with zero attached hydrogens (tertiary/aromatic N) is 2. The molecule has 1 fully saturated rings. The molecule has 0 radical (unpaired) electrons. The molecule has 1 aromatic rings. The number of unbranched alkanes of at least 4 members (excludes halogenated alkanes) is 1. The zero-order valence-electron chi connectivity index (χ0n) is 13.6. The van der Waals surface area contributed by atoms with Crippen molar-refractivity contribution in [1.29, 1.82) is 0 Å². The van der Waals surface area contributed by atoms with Crippen LogP contribution in [0.1, 0.15) is 60.7 Å². The van der Waals surface area contributed by atoms with Gasteiger partial charge in [-0.3, -0.25) is 4.79 Å². The number of carbonyl (C=O) groups excluding carboxylic acids is 1. The van der Waals surface area contributed by atoms with E-state index in [2.05, 4.69) is 18.7 Å². The quantitative estimate of drug-likeness (QED) is 0.838. The second-order valence-electron chi connectivity index (χ2n) is 5.97. The highest BCUT2D eigenvalue weighted by molar-refractivity contribution is 7.18. The van der Waals surface area contributed by atoms with E-state index in [0.717, 1.165) is 18.8 Å². The predicted octanol–water partition coefficient (Wildman–Crippen LogP) is 3.54. The highest BCUT2D eigenvalue weighted by atomic mass is 32.1. The van der Waals surface area contributed by atoms with Crippen LogP contribution in [0.25, 0.3) is 0 Å². The molecule has 0 unspecified atom stereocenters. The van der Waals surface area contributed by atoms with Gasteiger partial charge in [0.05, 0.1) is 10.7 Å². The van der Waals surface area contributed by atoms with Crippen molar-refractivity contribution in [3.05, 3.63) is 10.4 Å². The monoisotopic (exact) mass is 309 g/mol. The van der Waals surface area contributed by atoms with E-state index in [0.29, 0.717) is 10.8 Å². The number of amides is 1. The van der Waals surface area contributed by atoms with Crippen LogP contribution in [0.2, 0.25) is 0 Å². The van der Waals surface area contributed by atoms with Crippen LogP contribution in [0, 0.1) is 0 Å². The van der Waals surface area contributed by atoms with E-state index in [4.69, 9.17) is 5.73 Å². The van der Waals surface area contributed by atoms with E-state index in [1.807, 2.05) is 0 Å². The maximum Gasteiger partial charge on any atom is 0.265 e. The van der Waals surface area contributed by atoms with E-state index in [1.54, 1.807) is 30.3 Å². The van der Waals surface area contributed by atoms with Crippen molar-refractivity contribution >= 4 is 27.9 Å². The van der Waals surface area contributed by atoms with Gasteiger partial charge in [0.25, 0.3) is 5.91 Å². The van der Waals surface area contributed by atoms with Crippen LogP contribution in [-0.2, 0) is 0 Å². The fourth-order valence-corrected chi connectivity index (χ4v) is 3.98. The summed E-state index contributed by atoms with van der Waals surface area (Å²) in [5.41, 5.74) is 8.31. The van der Waals surface area contributed by atoms with Crippen LogP contribution < -0.4 is 10.6 Å². The van der Waals surface area contributed by atoms with Crippen molar-refractivity contribution in [2.24, 2.45) is 0 Å². The summed E-state index contributed by atoms with van der Waals surface area (Å²) in [6.45, 7) is 6.40. The maximum absolute atomic E-state index is 12.3. The van der Waals surface area contributed by atoms with E-state index in [-0.39, 0.29) is 5.91 Å². The Hall–Kier alpha value is -1.23. The van der Waals surface area contributed by atoms with Crippen LogP contribution in [0.5, 0.6) is 0 Å². The fourth-order valence-electron chi connectivity index (χ4n) is 2.56. The number of hydrogen-bond donors (Lipinski definition) is 1. The number of carbonyl (C=O) groups is 1. The first-order chi connectivity index (χ1) is 10.0. The second kappa shape index (κ2) is 6.69. The lowest BCUT2D eigenvalue weighted by Crippen LogP contribution is -2.23. The number of nitrogens with two attached hydrogens (primary N) is 1. The average molecular weight is 309 g/mol. The molecule has 1 heterocycles. The lowest BCUT2D eigenvalue weighted by molar-refractivity contribution is 0.0833. The van der Waals surface area contributed by atoms with E-state index in [1.165, 1.54) is 36.2 Å². The molecule has 5 heteroatoms. The van der Waals surface area contributed by atoms with Crippen molar-refractivity contribution in [3.8, 4) is 0 Å². The molecule has 0 aliphatic heterocycles. The van der Waals surface area contributed by atoms with Crippen LogP contribution in [0.3, 0.4) is 0 Å². The van der Waals surface area contributed by atoms with Gasteiger partial charge in [-0.1, -0.05) is 13.3 Å². The molecule has 1 amide bonds. The highest BCUT2D eigenvalue weighted by Crippen LogP contribution is 2.52. The summed E-state index contributed by atoms with van der Waals surface area (Å²) < 4.78 is 0. The molecule has 1 saturated carbocycles. The topological polar surface area (TPSA) is 49.6 Å². The van der Waals surface area contributed by atoms with Gasteiger partial charge in [0.1, 0.15) is 4.88 Å².